The number of nitrogens with zero attached hydrogens (tertiary/aromatic N) is 2. The molecule has 0 aromatic heterocycles. The minimum absolute atomic E-state index is 0.0662. The van der Waals surface area contributed by atoms with Gasteiger partial charge in [-0.2, -0.15) is 0 Å². The van der Waals surface area contributed by atoms with Crippen LogP contribution in [-0.4, -0.2) is 48.4 Å². The second-order valence-electron chi connectivity index (χ2n) is 5.33. The summed E-state index contributed by atoms with van der Waals surface area (Å²) in [6.45, 7) is 5.19. The van der Waals surface area contributed by atoms with Crippen molar-refractivity contribution in [3.05, 3.63) is 29.8 Å². The van der Waals surface area contributed by atoms with E-state index in [0.29, 0.717) is 11.6 Å². The molecule has 3 N–H and O–H groups in total. The highest BCUT2D eigenvalue weighted by Crippen LogP contribution is 2.18. The number of carbonyl (C=O) groups is 1. The average Bonchev–Trinajstić information content (AvgIpc) is 2.93. The number of amides is 1. The molecule has 110 valence electrons. The third kappa shape index (κ3) is 3.29. The van der Waals surface area contributed by atoms with Gasteiger partial charge in [0.05, 0.1) is 0 Å². The summed E-state index contributed by atoms with van der Waals surface area (Å²) in [5.74, 6) is 5.39. The zero-order valence-electron chi connectivity index (χ0n) is 12.3. The summed E-state index contributed by atoms with van der Waals surface area (Å²) in [5, 5.41) is 0. The molecule has 20 heavy (non-hydrogen) atoms. The van der Waals surface area contributed by atoms with Crippen LogP contribution in [-0.2, 0) is 0 Å². The maximum atomic E-state index is 12.4. The van der Waals surface area contributed by atoms with Crippen LogP contribution in [0.3, 0.4) is 0 Å². The minimum atomic E-state index is 0.0662. The van der Waals surface area contributed by atoms with Gasteiger partial charge in [0.15, 0.2) is 0 Å². The molecule has 1 amide bonds. The van der Waals surface area contributed by atoms with E-state index in [9.17, 15) is 4.79 Å². The van der Waals surface area contributed by atoms with Gasteiger partial charge in [-0.3, -0.25) is 15.5 Å². The van der Waals surface area contributed by atoms with E-state index in [1.165, 1.54) is 12.8 Å². The molecule has 0 bridgehead atoms. The standard InChI is InChI=1S/C15H24N4O/c1-3-19-10-4-5-14(19)11-18(2)15(20)12-6-8-13(17-16)9-7-12/h6-9,14,17H,3-5,10-11,16H2,1-2H3. The molecule has 1 aliphatic rings. The van der Waals surface area contributed by atoms with Crippen LogP contribution in [0, 0.1) is 0 Å². The molecule has 5 nitrogen and oxygen atoms in total. The van der Waals surface area contributed by atoms with Crippen molar-refractivity contribution in [2.45, 2.75) is 25.8 Å². The smallest absolute Gasteiger partial charge is 0.253 e. The second kappa shape index (κ2) is 6.72. The zero-order chi connectivity index (χ0) is 14.5. The van der Waals surface area contributed by atoms with Crippen molar-refractivity contribution in [1.29, 1.82) is 0 Å². The Hall–Kier alpha value is -1.59. The first-order chi connectivity index (χ1) is 9.65. The summed E-state index contributed by atoms with van der Waals surface area (Å²) in [6.07, 6.45) is 2.42. The molecule has 1 fully saturated rings. The van der Waals surface area contributed by atoms with E-state index in [4.69, 9.17) is 5.84 Å². The second-order valence-corrected chi connectivity index (χ2v) is 5.33. The first-order valence-corrected chi connectivity index (χ1v) is 7.22. The molecular weight excluding hydrogens is 252 g/mol. The highest BCUT2D eigenvalue weighted by atomic mass is 16.2. The topological polar surface area (TPSA) is 61.6 Å². The Morgan fingerprint density at radius 2 is 2.15 bits per heavy atom. The van der Waals surface area contributed by atoms with Gasteiger partial charge >= 0.3 is 0 Å². The maximum Gasteiger partial charge on any atom is 0.253 e. The summed E-state index contributed by atoms with van der Waals surface area (Å²) in [5.41, 5.74) is 4.07. The van der Waals surface area contributed by atoms with Crippen molar-refractivity contribution in [3.63, 3.8) is 0 Å². The number of hydrogen-bond acceptors (Lipinski definition) is 4. The van der Waals surface area contributed by atoms with Crippen LogP contribution in [0.4, 0.5) is 5.69 Å². The molecule has 1 aromatic carbocycles. The lowest BCUT2D eigenvalue weighted by Crippen LogP contribution is -2.41. The van der Waals surface area contributed by atoms with Crippen molar-refractivity contribution >= 4 is 11.6 Å². The molecule has 1 heterocycles. The quantitative estimate of drug-likeness (QED) is 0.632. The summed E-state index contributed by atoms with van der Waals surface area (Å²) in [6, 6.07) is 7.74. The molecular formula is C15H24N4O. The number of nitrogen functional groups attached to an aromatic ring is 1. The summed E-state index contributed by atoms with van der Waals surface area (Å²) in [7, 11) is 1.88. The Morgan fingerprint density at radius 3 is 2.75 bits per heavy atom. The van der Waals surface area contributed by atoms with Gasteiger partial charge in [-0.1, -0.05) is 6.92 Å². The molecule has 5 heteroatoms. The van der Waals surface area contributed by atoms with E-state index < -0.39 is 0 Å². The summed E-state index contributed by atoms with van der Waals surface area (Å²) >= 11 is 0. The van der Waals surface area contributed by atoms with Crippen LogP contribution < -0.4 is 11.3 Å². The molecule has 1 aliphatic heterocycles. The first-order valence-electron chi connectivity index (χ1n) is 7.22. The predicted molar refractivity (Wildman–Crippen MR) is 81.5 cm³/mol. The van der Waals surface area contributed by atoms with Crippen LogP contribution in [0.2, 0.25) is 0 Å². The Kier molecular flexibility index (Phi) is 4.98. The molecule has 0 spiro atoms. The van der Waals surface area contributed by atoms with Crippen molar-refractivity contribution < 1.29 is 4.79 Å². The van der Waals surface area contributed by atoms with Crippen molar-refractivity contribution in [2.75, 3.05) is 32.1 Å². The maximum absolute atomic E-state index is 12.4. The lowest BCUT2D eigenvalue weighted by molar-refractivity contribution is 0.0754. The molecule has 1 unspecified atom stereocenters. The average molecular weight is 276 g/mol. The Morgan fingerprint density at radius 1 is 1.45 bits per heavy atom. The first kappa shape index (κ1) is 14.8. The molecule has 1 saturated heterocycles. The number of nitrogens with two attached hydrogens (primary N) is 1. The third-order valence-electron chi connectivity index (χ3n) is 4.04. The van der Waals surface area contributed by atoms with Crippen LogP contribution in [0.15, 0.2) is 24.3 Å². The van der Waals surface area contributed by atoms with Crippen LogP contribution >= 0.6 is 0 Å². The largest absolute Gasteiger partial charge is 0.340 e. The van der Waals surface area contributed by atoms with E-state index in [0.717, 1.165) is 25.3 Å². The molecule has 0 radical (unpaired) electrons. The van der Waals surface area contributed by atoms with Crippen molar-refractivity contribution in [2.24, 2.45) is 5.84 Å². The monoisotopic (exact) mass is 276 g/mol. The number of rotatable bonds is 5. The van der Waals surface area contributed by atoms with E-state index in [1.807, 2.05) is 24.1 Å². The minimum Gasteiger partial charge on any atom is -0.340 e. The molecule has 0 aliphatic carbocycles. The summed E-state index contributed by atoms with van der Waals surface area (Å²) < 4.78 is 0. The van der Waals surface area contributed by atoms with Gasteiger partial charge < -0.3 is 10.3 Å². The molecule has 1 atom stereocenters. The van der Waals surface area contributed by atoms with Gasteiger partial charge in [0.25, 0.3) is 5.91 Å². The van der Waals surface area contributed by atoms with E-state index in [-0.39, 0.29) is 5.91 Å². The fourth-order valence-electron chi connectivity index (χ4n) is 2.85. The lowest BCUT2D eigenvalue weighted by Gasteiger charge is -2.27. The van der Waals surface area contributed by atoms with Crippen molar-refractivity contribution in [3.8, 4) is 0 Å². The number of carbonyl (C=O) groups excluding carboxylic acids is 1. The number of benzene rings is 1. The van der Waals surface area contributed by atoms with Gasteiger partial charge in [-0.25, -0.2) is 0 Å². The van der Waals surface area contributed by atoms with Gasteiger partial charge in [0.1, 0.15) is 0 Å². The number of hydrazine groups is 1. The van der Waals surface area contributed by atoms with E-state index in [2.05, 4.69) is 17.2 Å². The van der Waals surface area contributed by atoms with Crippen LogP contribution in [0.5, 0.6) is 0 Å². The van der Waals surface area contributed by atoms with E-state index >= 15 is 0 Å². The Balaban J connectivity index is 1.97. The van der Waals surface area contributed by atoms with Gasteiger partial charge in [-0.05, 0) is 50.2 Å². The number of hydrogen-bond donors (Lipinski definition) is 2. The number of nitrogens with one attached hydrogen (secondary N) is 1. The molecule has 2 rings (SSSR count). The van der Waals surface area contributed by atoms with Crippen LogP contribution in [0.1, 0.15) is 30.1 Å². The SMILES string of the molecule is CCN1CCCC1CN(C)C(=O)c1ccc(NN)cc1. The summed E-state index contributed by atoms with van der Waals surface area (Å²) in [4.78, 5) is 16.7. The highest BCUT2D eigenvalue weighted by molar-refractivity contribution is 5.94. The van der Waals surface area contributed by atoms with Crippen LogP contribution in [0.25, 0.3) is 0 Å². The Labute approximate surface area is 120 Å². The van der Waals surface area contributed by atoms with Gasteiger partial charge in [0.2, 0.25) is 0 Å². The van der Waals surface area contributed by atoms with Gasteiger partial charge in [0, 0.05) is 30.9 Å². The Bertz CT molecular complexity index is 446. The third-order valence-corrected chi connectivity index (χ3v) is 4.04. The molecule has 0 saturated carbocycles. The number of likely N-dealkylation sites (tertiary alicyclic amines) is 1. The fourth-order valence-corrected chi connectivity index (χ4v) is 2.85. The normalized spacial score (nSPS) is 19.1. The lowest BCUT2D eigenvalue weighted by atomic mass is 10.1. The van der Waals surface area contributed by atoms with E-state index in [1.54, 1.807) is 12.1 Å². The number of anilines is 1. The fraction of sp³-hybridized carbons (Fsp3) is 0.533. The van der Waals surface area contributed by atoms with Gasteiger partial charge in [-0.15, -0.1) is 0 Å². The molecule has 1 aromatic rings. The zero-order valence-corrected chi connectivity index (χ0v) is 12.3. The predicted octanol–water partition coefficient (Wildman–Crippen LogP) is 1.53. The highest BCUT2D eigenvalue weighted by Gasteiger charge is 2.25. The number of likely N-dealkylation sites (N-methyl/N-ethyl adjacent to an activating group) is 2. The van der Waals surface area contributed by atoms with Crippen molar-refractivity contribution in [1.82, 2.24) is 9.80 Å².